The molecule has 2 aliphatic heterocycles. The normalized spacial score (nSPS) is 20.4. The van der Waals surface area contributed by atoms with Crippen LogP contribution in [0.2, 0.25) is 0 Å². The highest BCUT2D eigenvalue weighted by molar-refractivity contribution is 6.02. The third-order valence-corrected chi connectivity index (χ3v) is 9.17. The highest BCUT2D eigenvalue weighted by Gasteiger charge is 2.32. The maximum absolute atomic E-state index is 14.4. The smallest absolute Gasteiger partial charge is 0.416 e. The summed E-state index contributed by atoms with van der Waals surface area (Å²) in [6.45, 7) is 7.06. The lowest BCUT2D eigenvalue weighted by atomic mass is 10.0. The molecule has 0 aliphatic carbocycles. The van der Waals surface area contributed by atoms with Gasteiger partial charge < -0.3 is 39.6 Å². The van der Waals surface area contributed by atoms with Gasteiger partial charge in [0.1, 0.15) is 5.75 Å². The number of carbonyl (C=O) groups excluding carboxylic acids is 2. The molecule has 3 amide bonds. The molecule has 11 nitrogen and oxygen atoms in total. The minimum absolute atomic E-state index is 0.107. The van der Waals surface area contributed by atoms with Crippen molar-refractivity contribution < 1.29 is 46.8 Å². The van der Waals surface area contributed by atoms with Crippen LogP contribution in [-0.4, -0.2) is 85.2 Å². The molecule has 0 bridgehead atoms. The van der Waals surface area contributed by atoms with Crippen molar-refractivity contribution in [3.8, 4) is 17.2 Å². The SMILES string of the molecule is C[C@H](CO)N1C[C@H](C)[C@H](CN(C)Cc2ccc(C(F)(F)F)cc2)OCCCC[C@H](C)Oc2ccc(NC(=O)Nc3ccc4c(c3)OCO4)cc2C1=O. The second-order valence-corrected chi connectivity index (χ2v) is 13.5. The van der Waals surface area contributed by atoms with E-state index < -0.39 is 23.8 Å². The molecule has 0 saturated carbocycles. The van der Waals surface area contributed by atoms with E-state index in [2.05, 4.69) is 10.6 Å². The average molecular weight is 729 g/mol. The second-order valence-electron chi connectivity index (χ2n) is 13.5. The fourth-order valence-electron chi connectivity index (χ4n) is 6.21. The number of ether oxygens (including phenoxy) is 4. The summed E-state index contributed by atoms with van der Waals surface area (Å²) in [6.07, 6.45) is -2.65. The molecule has 0 unspecified atom stereocenters. The topological polar surface area (TPSA) is 122 Å². The van der Waals surface area contributed by atoms with Gasteiger partial charge in [-0.2, -0.15) is 13.2 Å². The van der Waals surface area contributed by atoms with E-state index in [4.69, 9.17) is 18.9 Å². The molecule has 3 aromatic rings. The molecule has 4 atom stereocenters. The zero-order valence-electron chi connectivity index (χ0n) is 29.9. The van der Waals surface area contributed by atoms with Gasteiger partial charge in [-0.1, -0.05) is 19.1 Å². The van der Waals surface area contributed by atoms with E-state index in [0.717, 1.165) is 30.5 Å². The highest BCUT2D eigenvalue weighted by Crippen LogP contribution is 2.35. The number of nitrogens with one attached hydrogen (secondary N) is 2. The van der Waals surface area contributed by atoms with Crippen molar-refractivity contribution in [2.75, 3.05) is 50.8 Å². The molecule has 0 saturated heterocycles. The maximum atomic E-state index is 14.4. The van der Waals surface area contributed by atoms with E-state index in [9.17, 15) is 27.9 Å². The van der Waals surface area contributed by atoms with Gasteiger partial charge in [0.25, 0.3) is 5.91 Å². The van der Waals surface area contributed by atoms with E-state index in [1.165, 1.54) is 12.1 Å². The van der Waals surface area contributed by atoms with Crippen molar-refractivity contribution in [2.24, 2.45) is 5.92 Å². The molecule has 2 heterocycles. The third kappa shape index (κ3) is 10.3. The first-order valence-corrected chi connectivity index (χ1v) is 17.5. The largest absolute Gasteiger partial charge is 0.490 e. The number of urea groups is 1. The monoisotopic (exact) mass is 728 g/mol. The fraction of sp³-hybridized carbons (Fsp3) is 0.474. The van der Waals surface area contributed by atoms with E-state index in [1.54, 1.807) is 48.2 Å². The van der Waals surface area contributed by atoms with Gasteiger partial charge in [0.2, 0.25) is 6.79 Å². The number of hydrogen-bond acceptors (Lipinski definition) is 8. The highest BCUT2D eigenvalue weighted by atomic mass is 19.4. The molecule has 52 heavy (non-hydrogen) atoms. The van der Waals surface area contributed by atoms with Gasteiger partial charge in [-0.3, -0.25) is 9.69 Å². The van der Waals surface area contributed by atoms with Gasteiger partial charge in [-0.05, 0) is 88.2 Å². The van der Waals surface area contributed by atoms with Crippen LogP contribution in [0.15, 0.2) is 60.7 Å². The summed E-state index contributed by atoms with van der Waals surface area (Å²) in [7, 11) is 1.88. The molecule has 3 aromatic carbocycles. The number of aliphatic hydroxyl groups is 1. The second kappa shape index (κ2) is 17.3. The summed E-state index contributed by atoms with van der Waals surface area (Å²) < 4.78 is 62.7. The van der Waals surface area contributed by atoms with Crippen molar-refractivity contribution in [1.82, 2.24) is 9.80 Å². The summed E-state index contributed by atoms with van der Waals surface area (Å²) >= 11 is 0. The van der Waals surface area contributed by atoms with E-state index >= 15 is 0 Å². The Hall–Kier alpha value is -4.53. The summed E-state index contributed by atoms with van der Waals surface area (Å²) in [5.74, 6) is 0.885. The summed E-state index contributed by atoms with van der Waals surface area (Å²) in [6, 6.07) is 14.0. The lowest BCUT2D eigenvalue weighted by Crippen LogP contribution is -2.47. The molecule has 14 heteroatoms. The molecule has 0 fully saturated rings. The zero-order valence-corrected chi connectivity index (χ0v) is 29.9. The third-order valence-electron chi connectivity index (χ3n) is 9.17. The van der Waals surface area contributed by atoms with Crippen LogP contribution < -0.4 is 24.8 Å². The van der Waals surface area contributed by atoms with Crippen LogP contribution in [0.3, 0.4) is 0 Å². The van der Waals surface area contributed by atoms with E-state index in [0.29, 0.717) is 54.7 Å². The number of hydrogen-bond donors (Lipinski definition) is 3. The minimum Gasteiger partial charge on any atom is -0.490 e. The number of halogens is 3. The zero-order chi connectivity index (χ0) is 37.4. The average Bonchev–Trinajstić information content (AvgIpc) is 3.57. The molecule has 0 aromatic heterocycles. The minimum atomic E-state index is -4.40. The number of amides is 3. The number of rotatable bonds is 8. The molecular weight excluding hydrogens is 681 g/mol. The molecule has 3 N–H and O–H groups in total. The van der Waals surface area contributed by atoms with Crippen molar-refractivity contribution in [2.45, 2.75) is 71.0 Å². The molecule has 0 spiro atoms. The Morgan fingerprint density at radius 2 is 1.65 bits per heavy atom. The van der Waals surface area contributed by atoms with Crippen LogP contribution in [0.5, 0.6) is 17.2 Å². The molecule has 0 radical (unpaired) electrons. The van der Waals surface area contributed by atoms with Gasteiger partial charge in [0.05, 0.1) is 36.0 Å². The van der Waals surface area contributed by atoms with Crippen LogP contribution in [-0.2, 0) is 17.5 Å². The van der Waals surface area contributed by atoms with Crippen LogP contribution in [0, 0.1) is 5.92 Å². The summed E-state index contributed by atoms with van der Waals surface area (Å²) in [4.78, 5) is 31.0. The quantitative estimate of drug-likeness (QED) is 0.227. The predicted octanol–water partition coefficient (Wildman–Crippen LogP) is 7.01. The lowest BCUT2D eigenvalue weighted by Gasteiger charge is -2.36. The Balaban J connectivity index is 1.34. The van der Waals surface area contributed by atoms with E-state index in [1.807, 2.05) is 25.8 Å². The van der Waals surface area contributed by atoms with Crippen molar-refractivity contribution in [1.29, 1.82) is 0 Å². The van der Waals surface area contributed by atoms with Crippen LogP contribution in [0.4, 0.5) is 29.3 Å². The Morgan fingerprint density at radius 3 is 2.35 bits per heavy atom. The number of likely N-dealkylation sites (N-methyl/N-ethyl adjacent to an activating group) is 1. The Labute approximate surface area is 302 Å². The van der Waals surface area contributed by atoms with Gasteiger partial charge in [-0.15, -0.1) is 0 Å². The number of anilines is 2. The van der Waals surface area contributed by atoms with E-state index in [-0.39, 0.29) is 49.5 Å². The number of benzene rings is 3. The van der Waals surface area contributed by atoms with Crippen LogP contribution >= 0.6 is 0 Å². The Kier molecular flexibility index (Phi) is 12.9. The van der Waals surface area contributed by atoms with Gasteiger partial charge >= 0.3 is 12.2 Å². The first-order chi connectivity index (χ1) is 24.8. The number of fused-ring (bicyclic) bond motifs is 2. The molecular formula is C38H47F3N4O7. The Bertz CT molecular complexity index is 1670. The summed E-state index contributed by atoms with van der Waals surface area (Å²) in [5.41, 5.74) is 1.12. The van der Waals surface area contributed by atoms with Gasteiger partial charge in [-0.25, -0.2) is 4.79 Å². The number of alkyl halides is 3. The molecule has 282 valence electrons. The molecule has 2 aliphatic rings. The number of aliphatic hydroxyl groups excluding tert-OH is 1. The lowest BCUT2D eigenvalue weighted by molar-refractivity contribution is -0.137. The maximum Gasteiger partial charge on any atom is 0.416 e. The fourth-order valence-corrected chi connectivity index (χ4v) is 6.21. The van der Waals surface area contributed by atoms with Crippen molar-refractivity contribution >= 4 is 23.3 Å². The number of nitrogens with zero attached hydrogens (tertiary/aromatic N) is 2. The first-order valence-electron chi connectivity index (χ1n) is 17.5. The number of carbonyl (C=O) groups is 2. The van der Waals surface area contributed by atoms with Crippen molar-refractivity contribution in [3.05, 3.63) is 77.4 Å². The van der Waals surface area contributed by atoms with Crippen LogP contribution in [0.25, 0.3) is 0 Å². The first kappa shape index (κ1) is 38.7. The van der Waals surface area contributed by atoms with Crippen LogP contribution in [0.1, 0.15) is 61.5 Å². The van der Waals surface area contributed by atoms with Gasteiger partial charge in [0, 0.05) is 49.6 Å². The molecule has 5 rings (SSSR count). The van der Waals surface area contributed by atoms with Gasteiger partial charge in [0.15, 0.2) is 11.5 Å². The standard InChI is InChI=1S/C38H47F3N4O7/c1-24-19-45(25(2)22-46)36(47)31-17-29(42-37(48)43-30-13-15-33-34(18-30)51-23-50-33)12-14-32(31)52-26(3)7-5-6-16-49-35(24)21-44(4)20-27-8-10-28(11-9-27)38(39,40)41/h8-15,17-18,24-26,35,46H,5-7,16,19-23H2,1-4H3,(H2,42,43,48)/t24-,25+,26-,35-/m0/s1. The van der Waals surface area contributed by atoms with Crippen molar-refractivity contribution in [3.63, 3.8) is 0 Å². The Morgan fingerprint density at radius 1 is 0.981 bits per heavy atom. The summed E-state index contributed by atoms with van der Waals surface area (Å²) in [5, 5.41) is 15.8. The predicted molar refractivity (Wildman–Crippen MR) is 190 cm³/mol.